The monoisotopic (exact) mass is 297 g/mol. The maximum Gasteiger partial charge on any atom is 0.220 e. The minimum atomic E-state index is 0.301. The maximum absolute atomic E-state index is 12.2. The van der Waals surface area contributed by atoms with Gasteiger partial charge in [-0.15, -0.1) is 0 Å². The second-order valence-corrected chi connectivity index (χ2v) is 8.01. The van der Waals surface area contributed by atoms with E-state index in [4.69, 9.17) is 0 Å². The summed E-state index contributed by atoms with van der Waals surface area (Å²) in [5, 5.41) is 4.06. The van der Waals surface area contributed by atoms with E-state index in [1.54, 1.807) is 0 Å². The van der Waals surface area contributed by atoms with Gasteiger partial charge in [0.2, 0.25) is 5.91 Å². The van der Waals surface area contributed by atoms with Crippen LogP contribution in [0.4, 0.5) is 0 Å². The Balaban J connectivity index is 1.71. The van der Waals surface area contributed by atoms with Gasteiger partial charge in [0.1, 0.15) is 0 Å². The van der Waals surface area contributed by atoms with Gasteiger partial charge in [-0.05, 0) is 37.4 Å². The molecule has 0 spiro atoms. The molecule has 3 atom stereocenters. The van der Waals surface area contributed by atoms with Gasteiger partial charge in [-0.2, -0.15) is 11.8 Å². The zero-order chi connectivity index (χ0) is 14.4. The first kappa shape index (κ1) is 16.2. The van der Waals surface area contributed by atoms with Crippen LogP contribution in [0, 0.1) is 11.8 Å². The van der Waals surface area contributed by atoms with Crippen molar-refractivity contribution in [2.45, 2.75) is 82.4 Å². The first-order valence-corrected chi connectivity index (χ1v) is 9.80. The van der Waals surface area contributed by atoms with E-state index in [2.05, 4.69) is 18.5 Å². The molecule has 0 aromatic rings. The summed E-state index contributed by atoms with van der Waals surface area (Å²) >= 11 is 1.96. The summed E-state index contributed by atoms with van der Waals surface area (Å²) in [6.45, 7) is 2.28. The summed E-state index contributed by atoms with van der Waals surface area (Å²) in [5.41, 5.74) is 0. The summed E-state index contributed by atoms with van der Waals surface area (Å²) in [7, 11) is 0. The zero-order valence-electron chi connectivity index (χ0n) is 13.2. The lowest BCUT2D eigenvalue weighted by molar-refractivity contribution is -0.123. The van der Waals surface area contributed by atoms with Crippen LogP contribution in [0.1, 0.15) is 71.1 Å². The summed E-state index contributed by atoms with van der Waals surface area (Å²) in [4.78, 5) is 12.2. The Kier molecular flexibility index (Phi) is 6.73. The van der Waals surface area contributed by atoms with E-state index in [9.17, 15) is 4.79 Å². The van der Waals surface area contributed by atoms with E-state index in [1.165, 1.54) is 57.8 Å². The van der Waals surface area contributed by atoms with Crippen LogP contribution in [0.3, 0.4) is 0 Å². The van der Waals surface area contributed by atoms with Gasteiger partial charge in [-0.25, -0.2) is 0 Å². The molecule has 0 heterocycles. The first-order valence-electron chi connectivity index (χ1n) is 8.51. The van der Waals surface area contributed by atoms with Crippen LogP contribution < -0.4 is 5.32 Å². The Bertz CT molecular complexity index is 295. The molecule has 1 amide bonds. The Morgan fingerprint density at radius 2 is 1.90 bits per heavy atom. The van der Waals surface area contributed by atoms with Crippen LogP contribution in [0.25, 0.3) is 0 Å². The zero-order valence-corrected chi connectivity index (χ0v) is 14.0. The van der Waals surface area contributed by atoms with Crippen molar-refractivity contribution in [2.75, 3.05) is 6.26 Å². The van der Waals surface area contributed by atoms with Crippen molar-refractivity contribution in [1.29, 1.82) is 0 Å². The number of carbonyl (C=O) groups excluding carboxylic acids is 1. The predicted molar refractivity (Wildman–Crippen MR) is 88.1 cm³/mol. The molecule has 2 fully saturated rings. The van der Waals surface area contributed by atoms with Crippen LogP contribution in [0.15, 0.2) is 0 Å². The first-order chi connectivity index (χ1) is 9.69. The standard InChI is InChI=1S/C17H31NOS/c1-13(14-7-4-3-5-8-14)11-17(19)18-15-9-6-10-16(12-15)20-2/h13-16H,3-12H2,1-2H3,(H,18,19)/t13-,15+,16-/m1/s1. The van der Waals surface area contributed by atoms with Crippen molar-refractivity contribution in [3.8, 4) is 0 Å². The second kappa shape index (κ2) is 8.31. The largest absolute Gasteiger partial charge is 0.353 e. The highest BCUT2D eigenvalue weighted by Gasteiger charge is 2.25. The van der Waals surface area contributed by atoms with Gasteiger partial charge in [-0.1, -0.05) is 45.4 Å². The molecule has 2 rings (SSSR count). The van der Waals surface area contributed by atoms with Crippen LogP contribution >= 0.6 is 11.8 Å². The van der Waals surface area contributed by atoms with Crippen molar-refractivity contribution >= 4 is 17.7 Å². The number of thioether (sulfide) groups is 1. The van der Waals surface area contributed by atoms with Gasteiger partial charge in [0.05, 0.1) is 0 Å². The molecule has 0 aliphatic heterocycles. The highest BCUT2D eigenvalue weighted by molar-refractivity contribution is 7.99. The lowest BCUT2D eigenvalue weighted by Crippen LogP contribution is -2.40. The minimum Gasteiger partial charge on any atom is -0.353 e. The van der Waals surface area contributed by atoms with Gasteiger partial charge >= 0.3 is 0 Å². The topological polar surface area (TPSA) is 29.1 Å². The average Bonchev–Trinajstić information content (AvgIpc) is 2.48. The SMILES string of the molecule is CS[C@@H]1CCC[C@H](NC(=O)C[C@@H](C)C2CCCCC2)C1. The molecule has 20 heavy (non-hydrogen) atoms. The van der Waals surface area contributed by atoms with Crippen LogP contribution in [0.2, 0.25) is 0 Å². The molecule has 0 aromatic carbocycles. The summed E-state index contributed by atoms with van der Waals surface area (Å²) < 4.78 is 0. The summed E-state index contributed by atoms with van der Waals surface area (Å²) in [6.07, 6.45) is 14.7. The number of hydrogen-bond acceptors (Lipinski definition) is 2. The molecule has 0 unspecified atom stereocenters. The fraction of sp³-hybridized carbons (Fsp3) is 0.941. The third kappa shape index (κ3) is 4.98. The quantitative estimate of drug-likeness (QED) is 0.815. The molecular weight excluding hydrogens is 266 g/mol. The lowest BCUT2D eigenvalue weighted by atomic mass is 9.79. The fourth-order valence-electron chi connectivity index (χ4n) is 3.94. The number of nitrogens with one attached hydrogen (secondary N) is 1. The maximum atomic E-state index is 12.2. The Morgan fingerprint density at radius 1 is 1.15 bits per heavy atom. The van der Waals surface area contributed by atoms with E-state index in [-0.39, 0.29) is 0 Å². The molecule has 3 heteroatoms. The van der Waals surface area contributed by atoms with Crippen molar-refractivity contribution in [1.82, 2.24) is 5.32 Å². The molecule has 0 saturated heterocycles. The third-order valence-electron chi connectivity index (χ3n) is 5.29. The van der Waals surface area contributed by atoms with E-state index < -0.39 is 0 Å². The molecule has 0 aromatic heterocycles. The predicted octanol–water partition coefficient (Wildman–Crippen LogP) is 4.38. The Labute approximate surface area is 128 Å². The van der Waals surface area contributed by atoms with Crippen molar-refractivity contribution in [3.63, 3.8) is 0 Å². The van der Waals surface area contributed by atoms with E-state index >= 15 is 0 Å². The van der Waals surface area contributed by atoms with Gasteiger partial charge in [-0.3, -0.25) is 4.79 Å². The summed E-state index contributed by atoms with van der Waals surface area (Å²) in [6, 6.07) is 0.437. The normalized spacial score (nSPS) is 29.9. The number of hydrogen-bond donors (Lipinski definition) is 1. The van der Waals surface area contributed by atoms with E-state index in [0.29, 0.717) is 17.9 Å². The molecule has 2 aliphatic carbocycles. The van der Waals surface area contributed by atoms with Crippen molar-refractivity contribution in [2.24, 2.45) is 11.8 Å². The van der Waals surface area contributed by atoms with Gasteiger partial charge < -0.3 is 5.32 Å². The molecular formula is C17H31NOS. The third-order valence-corrected chi connectivity index (χ3v) is 6.38. The number of amides is 1. The number of carbonyl (C=O) groups is 1. The Morgan fingerprint density at radius 3 is 2.60 bits per heavy atom. The molecule has 1 N–H and O–H groups in total. The molecule has 2 aliphatic rings. The van der Waals surface area contributed by atoms with E-state index in [0.717, 1.165) is 17.6 Å². The van der Waals surface area contributed by atoms with Crippen molar-refractivity contribution < 1.29 is 4.79 Å². The molecule has 2 nitrogen and oxygen atoms in total. The molecule has 116 valence electrons. The smallest absolute Gasteiger partial charge is 0.220 e. The van der Waals surface area contributed by atoms with Crippen LogP contribution in [-0.4, -0.2) is 23.5 Å². The van der Waals surface area contributed by atoms with Crippen molar-refractivity contribution in [3.05, 3.63) is 0 Å². The highest BCUT2D eigenvalue weighted by Crippen LogP contribution is 2.32. The van der Waals surface area contributed by atoms with E-state index in [1.807, 2.05) is 11.8 Å². The average molecular weight is 298 g/mol. The van der Waals surface area contributed by atoms with Gasteiger partial charge in [0.25, 0.3) is 0 Å². The van der Waals surface area contributed by atoms with Gasteiger partial charge in [0.15, 0.2) is 0 Å². The van der Waals surface area contributed by atoms with Gasteiger partial charge in [0, 0.05) is 17.7 Å². The molecule has 0 bridgehead atoms. The second-order valence-electron chi connectivity index (χ2n) is 6.87. The number of rotatable bonds is 5. The fourth-order valence-corrected chi connectivity index (χ4v) is 4.77. The molecule has 0 radical (unpaired) electrons. The lowest BCUT2D eigenvalue weighted by Gasteiger charge is -2.30. The highest BCUT2D eigenvalue weighted by atomic mass is 32.2. The summed E-state index contributed by atoms with van der Waals surface area (Å²) in [5.74, 6) is 1.66. The van der Waals surface area contributed by atoms with Crippen LogP contribution in [-0.2, 0) is 4.79 Å². The molecule has 2 saturated carbocycles. The Hall–Kier alpha value is -0.180. The van der Waals surface area contributed by atoms with Crippen LogP contribution in [0.5, 0.6) is 0 Å². The minimum absolute atomic E-state index is 0.301.